The van der Waals surface area contributed by atoms with Gasteiger partial charge >= 0.3 is 6.18 Å². The Morgan fingerprint density at radius 3 is 2.54 bits per heavy atom. The van der Waals surface area contributed by atoms with Crippen LogP contribution < -0.4 is 5.32 Å². The zero-order valence-electron chi connectivity index (χ0n) is 13.3. The minimum atomic E-state index is -4.42. The van der Waals surface area contributed by atoms with Gasteiger partial charge < -0.3 is 14.2 Å². The molecule has 3 aromatic rings. The topological polar surface area (TPSA) is 81.2 Å². The lowest BCUT2D eigenvalue weighted by molar-refractivity contribution is -0.137. The molecule has 0 aliphatic heterocycles. The van der Waals surface area contributed by atoms with Crippen molar-refractivity contribution in [1.29, 1.82) is 0 Å². The molecule has 0 unspecified atom stereocenters. The minimum absolute atomic E-state index is 0.173. The third-order valence-electron chi connectivity index (χ3n) is 3.27. The molecule has 0 fully saturated rings. The number of benzene rings is 1. The molecule has 136 valence electrons. The zero-order chi connectivity index (χ0) is 18.7. The van der Waals surface area contributed by atoms with Crippen LogP contribution in [0.25, 0.3) is 11.7 Å². The van der Waals surface area contributed by atoms with E-state index in [-0.39, 0.29) is 16.8 Å². The summed E-state index contributed by atoms with van der Waals surface area (Å²) in [5.41, 5.74) is -0.522. The largest absolute Gasteiger partial charge is 0.459 e. The quantitative estimate of drug-likeness (QED) is 0.655. The number of anilines is 1. The molecule has 2 aromatic heterocycles. The molecule has 0 aliphatic carbocycles. The molecule has 6 nitrogen and oxygen atoms in total. The molecule has 0 saturated carbocycles. The van der Waals surface area contributed by atoms with Crippen LogP contribution in [0.3, 0.4) is 0 Å². The molecule has 1 N–H and O–H groups in total. The summed E-state index contributed by atoms with van der Waals surface area (Å²) in [5, 5.41) is 9.74. The third kappa shape index (κ3) is 4.26. The van der Waals surface area contributed by atoms with Crippen molar-refractivity contribution >= 4 is 23.4 Å². The first kappa shape index (κ1) is 18.1. The molecular weight excluding hydrogens is 371 g/mol. The second-order valence-corrected chi connectivity index (χ2v) is 6.47. The molecule has 1 aromatic carbocycles. The maximum absolute atomic E-state index is 12.5. The number of aromatic nitrogens is 2. The van der Waals surface area contributed by atoms with E-state index < -0.39 is 22.9 Å². The molecule has 1 amide bonds. The molecule has 0 saturated heterocycles. The van der Waals surface area contributed by atoms with Gasteiger partial charge in [-0.05, 0) is 43.3 Å². The van der Waals surface area contributed by atoms with Gasteiger partial charge in [0.1, 0.15) is 0 Å². The number of carbonyl (C=O) groups excluding carboxylic acids is 1. The predicted octanol–water partition coefficient (Wildman–Crippen LogP) is 4.47. The summed E-state index contributed by atoms with van der Waals surface area (Å²) < 4.78 is 48.1. The van der Waals surface area contributed by atoms with Crippen molar-refractivity contribution < 1.29 is 26.8 Å². The molecule has 0 spiro atoms. The van der Waals surface area contributed by atoms with Crippen molar-refractivity contribution in [2.75, 3.05) is 5.32 Å². The maximum Gasteiger partial charge on any atom is 0.416 e. The molecule has 0 bridgehead atoms. The lowest BCUT2D eigenvalue weighted by atomic mass is 10.2. The highest BCUT2D eigenvalue weighted by Crippen LogP contribution is 2.30. The van der Waals surface area contributed by atoms with E-state index in [1.165, 1.54) is 18.4 Å². The Labute approximate surface area is 149 Å². The number of rotatable bonds is 5. The SMILES string of the molecule is C[C@H](Sc1nnc(-c2ccco2)o1)C(=O)Nc1ccc(C(F)(F)F)cc1. The van der Waals surface area contributed by atoms with Gasteiger partial charge in [-0.25, -0.2) is 0 Å². The van der Waals surface area contributed by atoms with Gasteiger partial charge in [-0.15, -0.1) is 10.2 Å². The molecule has 0 radical (unpaired) electrons. The van der Waals surface area contributed by atoms with Crippen LogP contribution in [-0.2, 0) is 11.0 Å². The Morgan fingerprint density at radius 2 is 1.92 bits per heavy atom. The first-order valence-corrected chi connectivity index (χ1v) is 8.23. The molecular formula is C16H12F3N3O3S. The number of carbonyl (C=O) groups is 1. The molecule has 3 rings (SSSR count). The van der Waals surface area contributed by atoms with Crippen LogP contribution >= 0.6 is 11.8 Å². The number of furan rings is 1. The van der Waals surface area contributed by atoms with Gasteiger partial charge in [-0.3, -0.25) is 4.79 Å². The summed E-state index contributed by atoms with van der Waals surface area (Å²) in [6.45, 7) is 1.61. The number of halogens is 3. The number of nitrogens with one attached hydrogen (secondary N) is 1. The van der Waals surface area contributed by atoms with Gasteiger partial charge in [0, 0.05) is 5.69 Å². The van der Waals surface area contributed by atoms with E-state index in [0.717, 1.165) is 23.9 Å². The van der Waals surface area contributed by atoms with E-state index in [2.05, 4.69) is 15.5 Å². The van der Waals surface area contributed by atoms with E-state index >= 15 is 0 Å². The lowest BCUT2D eigenvalue weighted by Crippen LogP contribution is -2.22. The summed E-state index contributed by atoms with van der Waals surface area (Å²) in [6.07, 6.45) is -2.96. The van der Waals surface area contributed by atoms with Gasteiger partial charge in [0.25, 0.3) is 11.1 Å². The fraction of sp³-hybridized carbons (Fsp3) is 0.188. The van der Waals surface area contributed by atoms with Crippen molar-refractivity contribution in [3.63, 3.8) is 0 Å². The average Bonchev–Trinajstić information content (AvgIpc) is 3.25. The van der Waals surface area contributed by atoms with Crippen molar-refractivity contribution in [3.05, 3.63) is 48.2 Å². The van der Waals surface area contributed by atoms with Crippen LogP contribution in [0.1, 0.15) is 12.5 Å². The van der Waals surface area contributed by atoms with Gasteiger partial charge in [0.2, 0.25) is 5.91 Å². The van der Waals surface area contributed by atoms with E-state index in [1.54, 1.807) is 19.1 Å². The molecule has 0 aliphatic rings. The Balaban J connectivity index is 1.59. The van der Waals surface area contributed by atoms with E-state index in [1.807, 2.05) is 0 Å². The minimum Gasteiger partial charge on any atom is -0.459 e. The summed E-state index contributed by atoms with van der Waals surface area (Å²) in [5.74, 6) is 0.187. The summed E-state index contributed by atoms with van der Waals surface area (Å²) >= 11 is 1.02. The highest BCUT2D eigenvalue weighted by molar-refractivity contribution is 8.00. The van der Waals surface area contributed by atoms with Gasteiger partial charge in [-0.2, -0.15) is 13.2 Å². The number of nitrogens with zero attached hydrogens (tertiary/aromatic N) is 2. The third-order valence-corrected chi connectivity index (χ3v) is 4.20. The monoisotopic (exact) mass is 383 g/mol. The van der Waals surface area contributed by atoms with Crippen molar-refractivity contribution in [2.45, 2.75) is 23.6 Å². The fourth-order valence-electron chi connectivity index (χ4n) is 1.95. The summed E-state index contributed by atoms with van der Waals surface area (Å²) in [6, 6.07) is 7.52. The van der Waals surface area contributed by atoms with Crippen molar-refractivity contribution in [3.8, 4) is 11.7 Å². The fourth-order valence-corrected chi connectivity index (χ4v) is 2.63. The molecule has 10 heteroatoms. The molecule has 2 heterocycles. The maximum atomic E-state index is 12.5. The summed E-state index contributed by atoms with van der Waals surface area (Å²) in [7, 11) is 0. The van der Waals surface area contributed by atoms with E-state index in [9.17, 15) is 18.0 Å². The standard InChI is InChI=1S/C16H12F3N3O3S/c1-9(26-15-22-21-14(25-15)12-3-2-8-24-12)13(23)20-11-6-4-10(5-7-11)16(17,18)19/h2-9H,1H3,(H,20,23)/t9-/m0/s1. The zero-order valence-corrected chi connectivity index (χ0v) is 14.1. The Hall–Kier alpha value is -2.75. The second-order valence-electron chi connectivity index (χ2n) is 5.17. The van der Waals surface area contributed by atoms with E-state index in [0.29, 0.717) is 5.76 Å². The highest BCUT2D eigenvalue weighted by Gasteiger charge is 2.30. The summed E-state index contributed by atoms with van der Waals surface area (Å²) in [4.78, 5) is 12.2. The smallest absolute Gasteiger partial charge is 0.416 e. The van der Waals surface area contributed by atoms with Crippen LogP contribution in [0.5, 0.6) is 0 Å². The lowest BCUT2D eigenvalue weighted by Gasteiger charge is -2.11. The number of amides is 1. The van der Waals surface area contributed by atoms with Crippen LogP contribution in [0.15, 0.2) is 56.7 Å². The number of hydrogen-bond acceptors (Lipinski definition) is 6. The number of hydrogen-bond donors (Lipinski definition) is 1. The Kier molecular flexibility index (Phi) is 5.03. The number of thioether (sulfide) groups is 1. The van der Waals surface area contributed by atoms with Gasteiger partial charge in [0.05, 0.1) is 17.1 Å². The Morgan fingerprint density at radius 1 is 1.19 bits per heavy atom. The van der Waals surface area contributed by atoms with Crippen LogP contribution in [-0.4, -0.2) is 21.4 Å². The van der Waals surface area contributed by atoms with Crippen molar-refractivity contribution in [1.82, 2.24) is 10.2 Å². The highest BCUT2D eigenvalue weighted by atomic mass is 32.2. The van der Waals surface area contributed by atoms with Crippen LogP contribution in [0.4, 0.5) is 18.9 Å². The molecule has 26 heavy (non-hydrogen) atoms. The number of alkyl halides is 3. The van der Waals surface area contributed by atoms with Gasteiger partial charge in [-0.1, -0.05) is 11.8 Å². The molecule has 1 atom stereocenters. The average molecular weight is 383 g/mol. The first-order valence-electron chi connectivity index (χ1n) is 7.35. The Bertz CT molecular complexity index is 876. The van der Waals surface area contributed by atoms with Crippen LogP contribution in [0.2, 0.25) is 0 Å². The normalized spacial score (nSPS) is 12.8. The first-order chi connectivity index (χ1) is 12.3. The second kappa shape index (κ2) is 7.24. The van der Waals surface area contributed by atoms with Gasteiger partial charge in [0.15, 0.2) is 5.76 Å². The van der Waals surface area contributed by atoms with Crippen molar-refractivity contribution in [2.24, 2.45) is 0 Å². The van der Waals surface area contributed by atoms with E-state index in [4.69, 9.17) is 8.83 Å². The predicted molar refractivity (Wildman–Crippen MR) is 87.4 cm³/mol. The van der Waals surface area contributed by atoms with Crippen LogP contribution in [0, 0.1) is 0 Å².